The van der Waals surface area contributed by atoms with Crippen molar-refractivity contribution >= 4 is 11.6 Å². The highest BCUT2D eigenvalue weighted by molar-refractivity contribution is 5.93. The molecule has 29 heavy (non-hydrogen) atoms. The van der Waals surface area contributed by atoms with E-state index in [2.05, 4.69) is 40.6 Å². The first-order chi connectivity index (χ1) is 14.1. The number of pyridine rings is 1. The monoisotopic (exact) mass is 386 g/mol. The summed E-state index contributed by atoms with van der Waals surface area (Å²) < 4.78 is 0. The Morgan fingerprint density at radius 2 is 1.83 bits per heavy atom. The van der Waals surface area contributed by atoms with Crippen molar-refractivity contribution in [2.24, 2.45) is 0 Å². The zero-order chi connectivity index (χ0) is 20.1. The van der Waals surface area contributed by atoms with E-state index >= 15 is 0 Å². The molecule has 2 aromatic carbocycles. The maximum absolute atomic E-state index is 11.8. The van der Waals surface area contributed by atoms with Gasteiger partial charge in [0.05, 0.1) is 5.60 Å². The van der Waals surface area contributed by atoms with Gasteiger partial charge in [0, 0.05) is 30.9 Å². The first kappa shape index (κ1) is 19.3. The van der Waals surface area contributed by atoms with Gasteiger partial charge in [-0.2, -0.15) is 0 Å². The Kier molecular flexibility index (Phi) is 5.72. The molecule has 4 nitrogen and oxygen atoms in total. The molecule has 1 amide bonds. The van der Waals surface area contributed by atoms with Crippen LogP contribution in [0.15, 0.2) is 73.1 Å². The normalized spacial score (nSPS) is 15.3. The number of aryl methyl sites for hydroxylation is 2. The van der Waals surface area contributed by atoms with E-state index in [1.807, 2.05) is 36.5 Å². The van der Waals surface area contributed by atoms with Crippen LogP contribution in [0.1, 0.15) is 41.5 Å². The van der Waals surface area contributed by atoms with Gasteiger partial charge in [-0.15, -0.1) is 0 Å². The second-order valence-corrected chi connectivity index (χ2v) is 7.83. The van der Waals surface area contributed by atoms with Crippen molar-refractivity contribution in [3.05, 3.63) is 95.3 Å². The molecule has 4 rings (SSSR count). The first-order valence-corrected chi connectivity index (χ1v) is 10.2. The summed E-state index contributed by atoms with van der Waals surface area (Å²) in [7, 11) is 0. The van der Waals surface area contributed by atoms with E-state index in [1.165, 1.54) is 5.56 Å². The van der Waals surface area contributed by atoms with Crippen LogP contribution >= 0.6 is 0 Å². The second kappa shape index (κ2) is 8.58. The number of amides is 1. The van der Waals surface area contributed by atoms with E-state index in [-0.39, 0.29) is 5.91 Å². The Hall–Kier alpha value is -2.98. The third-order valence-corrected chi connectivity index (χ3v) is 5.66. The number of nitrogens with zero attached hydrogens (tertiary/aromatic N) is 1. The number of carbonyl (C=O) groups is 1. The maximum Gasteiger partial charge on any atom is 0.224 e. The number of benzene rings is 2. The summed E-state index contributed by atoms with van der Waals surface area (Å²) in [6, 6.07) is 20.2. The molecule has 3 aromatic rings. The molecule has 0 spiro atoms. The molecule has 148 valence electrons. The van der Waals surface area contributed by atoms with Crippen LogP contribution in [0.5, 0.6) is 0 Å². The van der Waals surface area contributed by atoms with E-state index in [1.54, 1.807) is 6.20 Å². The largest absolute Gasteiger partial charge is 0.385 e. The molecule has 0 fully saturated rings. The third-order valence-electron chi connectivity index (χ3n) is 5.66. The zero-order valence-corrected chi connectivity index (χ0v) is 16.5. The summed E-state index contributed by atoms with van der Waals surface area (Å²) in [5, 5.41) is 14.7. The molecular weight excluding hydrogens is 360 g/mol. The number of hydrogen-bond acceptors (Lipinski definition) is 3. The molecule has 2 heterocycles. The molecule has 1 atom stereocenters. The number of aromatic nitrogens is 1. The van der Waals surface area contributed by atoms with Crippen LogP contribution in [-0.4, -0.2) is 16.0 Å². The number of anilines is 1. The zero-order valence-electron chi connectivity index (χ0n) is 16.5. The average Bonchev–Trinajstić information content (AvgIpc) is 2.75. The van der Waals surface area contributed by atoms with Gasteiger partial charge in [-0.25, -0.2) is 0 Å². The lowest BCUT2D eigenvalue weighted by Gasteiger charge is -2.30. The lowest BCUT2D eigenvalue weighted by molar-refractivity contribution is -0.116. The second-order valence-electron chi connectivity index (χ2n) is 7.83. The van der Waals surface area contributed by atoms with Crippen LogP contribution in [-0.2, 0) is 29.7 Å². The highest BCUT2D eigenvalue weighted by Crippen LogP contribution is 2.34. The van der Waals surface area contributed by atoms with Crippen molar-refractivity contribution < 1.29 is 9.90 Å². The van der Waals surface area contributed by atoms with E-state index in [4.69, 9.17) is 0 Å². The van der Waals surface area contributed by atoms with Crippen LogP contribution in [0, 0.1) is 0 Å². The van der Waals surface area contributed by atoms with Gasteiger partial charge < -0.3 is 10.4 Å². The Labute approximate surface area is 171 Å². The predicted molar refractivity (Wildman–Crippen MR) is 115 cm³/mol. The molecule has 0 radical (unpaired) electrons. The van der Waals surface area contributed by atoms with E-state index in [0.29, 0.717) is 25.7 Å². The molecule has 1 unspecified atom stereocenters. The molecule has 0 bridgehead atoms. The van der Waals surface area contributed by atoms with Gasteiger partial charge in [0.2, 0.25) is 5.91 Å². The van der Waals surface area contributed by atoms with Crippen LogP contribution in [0.3, 0.4) is 0 Å². The molecule has 0 saturated heterocycles. The molecule has 4 heteroatoms. The topological polar surface area (TPSA) is 62.2 Å². The summed E-state index contributed by atoms with van der Waals surface area (Å²) in [6.07, 6.45) is 7.75. The summed E-state index contributed by atoms with van der Waals surface area (Å²) >= 11 is 0. The molecule has 1 aromatic heterocycles. The van der Waals surface area contributed by atoms with Gasteiger partial charge in [0.15, 0.2) is 0 Å². The van der Waals surface area contributed by atoms with Crippen LogP contribution in [0.4, 0.5) is 5.69 Å². The molecule has 0 aliphatic carbocycles. The van der Waals surface area contributed by atoms with E-state index < -0.39 is 5.60 Å². The summed E-state index contributed by atoms with van der Waals surface area (Å²) in [6.45, 7) is 0. The van der Waals surface area contributed by atoms with Crippen molar-refractivity contribution in [3.63, 3.8) is 0 Å². The average molecular weight is 386 g/mol. The standard InChI is InChI=1S/C25H26N2O2/c28-24-13-10-21-16-22(11-12-23(21)27-24)25(29,17-20-9-5-15-26-18-20)14-4-8-19-6-2-1-3-7-19/h1-3,5-7,9,11-12,15-16,18,29H,4,8,10,13-14,17H2,(H,27,28). The molecule has 1 aliphatic heterocycles. The number of carbonyl (C=O) groups excluding carboxylic acids is 1. The Bertz CT molecular complexity index is 973. The van der Waals surface area contributed by atoms with Crippen molar-refractivity contribution in [1.82, 2.24) is 4.98 Å². The van der Waals surface area contributed by atoms with Gasteiger partial charge in [-0.1, -0.05) is 48.5 Å². The van der Waals surface area contributed by atoms with Crippen molar-refractivity contribution in [3.8, 4) is 0 Å². The van der Waals surface area contributed by atoms with E-state index in [9.17, 15) is 9.90 Å². The number of aliphatic hydroxyl groups is 1. The van der Waals surface area contributed by atoms with Gasteiger partial charge >= 0.3 is 0 Å². The van der Waals surface area contributed by atoms with Crippen molar-refractivity contribution in [1.29, 1.82) is 0 Å². The number of rotatable bonds is 7. The quantitative estimate of drug-likeness (QED) is 0.632. The highest BCUT2D eigenvalue weighted by Gasteiger charge is 2.30. The van der Waals surface area contributed by atoms with Crippen LogP contribution in [0.2, 0.25) is 0 Å². The van der Waals surface area contributed by atoms with Gasteiger partial charge in [0.25, 0.3) is 0 Å². The van der Waals surface area contributed by atoms with E-state index in [0.717, 1.165) is 35.2 Å². The SMILES string of the molecule is O=C1CCc2cc(C(O)(CCCc3ccccc3)Cc3cccnc3)ccc2N1. The van der Waals surface area contributed by atoms with Crippen LogP contribution in [0.25, 0.3) is 0 Å². The van der Waals surface area contributed by atoms with Gasteiger partial charge in [-0.3, -0.25) is 9.78 Å². The summed E-state index contributed by atoms with van der Waals surface area (Å²) in [5.74, 6) is 0.0544. The summed E-state index contributed by atoms with van der Waals surface area (Å²) in [4.78, 5) is 15.9. The number of nitrogens with one attached hydrogen (secondary N) is 1. The smallest absolute Gasteiger partial charge is 0.224 e. The fraction of sp³-hybridized carbons (Fsp3) is 0.280. The Morgan fingerprint density at radius 1 is 1.00 bits per heavy atom. The van der Waals surface area contributed by atoms with Crippen molar-refractivity contribution in [2.75, 3.05) is 5.32 Å². The lowest BCUT2D eigenvalue weighted by Crippen LogP contribution is -2.30. The Balaban J connectivity index is 1.58. The summed E-state index contributed by atoms with van der Waals surface area (Å²) in [5.41, 5.74) is 4.18. The molecular formula is C25H26N2O2. The third kappa shape index (κ3) is 4.72. The molecule has 0 saturated carbocycles. The molecule has 1 aliphatic rings. The van der Waals surface area contributed by atoms with Gasteiger partial charge in [0.1, 0.15) is 0 Å². The number of fused-ring (bicyclic) bond motifs is 1. The maximum atomic E-state index is 11.8. The number of hydrogen-bond donors (Lipinski definition) is 2. The van der Waals surface area contributed by atoms with Crippen molar-refractivity contribution in [2.45, 2.75) is 44.1 Å². The minimum Gasteiger partial charge on any atom is -0.385 e. The fourth-order valence-corrected chi connectivity index (χ4v) is 4.08. The van der Waals surface area contributed by atoms with Crippen LogP contribution < -0.4 is 5.32 Å². The Morgan fingerprint density at radius 3 is 2.62 bits per heavy atom. The first-order valence-electron chi connectivity index (χ1n) is 10.2. The molecule has 2 N–H and O–H groups in total. The predicted octanol–water partition coefficient (Wildman–Crippen LogP) is 4.42. The fourth-order valence-electron chi connectivity index (χ4n) is 4.08. The lowest BCUT2D eigenvalue weighted by atomic mass is 9.81. The minimum atomic E-state index is -0.978. The van der Waals surface area contributed by atoms with Gasteiger partial charge in [-0.05, 0) is 60.1 Å². The minimum absolute atomic E-state index is 0.0544. The highest BCUT2D eigenvalue weighted by atomic mass is 16.3.